The lowest BCUT2D eigenvalue weighted by Gasteiger charge is -2.09. The molecule has 0 saturated carbocycles. The van der Waals surface area contributed by atoms with Gasteiger partial charge in [0.15, 0.2) is 11.5 Å². The molecule has 0 atom stereocenters. The van der Waals surface area contributed by atoms with Crippen LogP contribution in [0.4, 0.5) is 0 Å². The number of rotatable bonds is 7. The molecule has 0 aliphatic rings. The minimum Gasteiger partial charge on any atom is -0.493 e. The second kappa shape index (κ2) is 8.72. The average Bonchev–Trinajstić information content (AvgIpc) is 2.58. The standard InChI is InChI=1S/C18H17ClN2O2/c1-3-10-23-17-9-8-14(11-18(17)22-2)12-20-21-13-15-6-4-5-7-16(15)19/h1,4-9,11-12,21H,10,13H2,2H3/b20-12-. The van der Waals surface area contributed by atoms with Gasteiger partial charge in [-0.2, -0.15) is 5.10 Å². The highest BCUT2D eigenvalue weighted by Crippen LogP contribution is 2.27. The molecule has 4 nitrogen and oxygen atoms in total. The molecule has 0 radical (unpaired) electrons. The van der Waals surface area contributed by atoms with Crippen molar-refractivity contribution in [3.05, 3.63) is 58.6 Å². The van der Waals surface area contributed by atoms with Gasteiger partial charge in [-0.15, -0.1) is 6.42 Å². The second-order valence-electron chi connectivity index (χ2n) is 4.59. The van der Waals surface area contributed by atoms with Crippen molar-refractivity contribution in [3.63, 3.8) is 0 Å². The van der Waals surface area contributed by atoms with E-state index in [0.29, 0.717) is 23.1 Å². The Labute approximate surface area is 141 Å². The summed E-state index contributed by atoms with van der Waals surface area (Å²) in [6.07, 6.45) is 6.88. The van der Waals surface area contributed by atoms with E-state index in [1.54, 1.807) is 19.4 Å². The molecule has 0 spiro atoms. The van der Waals surface area contributed by atoms with Crippen LogP contribution in [-0.2, 0) is 6.54 Å². The smallest absolute Gasteiger partial charge is 0.162 e. The van der Waals surface area contributed by atoms with Gasteiger partial charge in [0.25, 0.3) is 0 Å². The van der Waals surface area contributed by atoms with E-state index in [4.69, 9.17) is 27.5 Å². The Kier molecular flexibility index (Phi) is 6.34. The first-order chi connectivity index (χ1) is 11.2. The van der Waals surface area contributed by atoms with E-state index in [0.717, 1.165) is 11.1 Å². The molecular formula is C18H17ClN2O2. The van der Waals surface area contributed by atoms with Crippen LogP contribution in [0, 0.1) is 12.3 Å². The Morgan fingerprint density at radius 1 is 1.26 bits per heavy atom. The predicted octanol–water partition coefficient (Wildman–Crippen LogP) is 3.48. The number of terminal acetylenes is 1. The quantitative estimate of drug-likeness (QED) is 0.480. The zero-order chi connectivity index (χ0) is 16.5. The molecule has 118 valence electrons. The normalized spacial score (nSPS) is 10.3. The first-order valence-electron chi connectivity index (χ1n) is 6.98. The molecule has 2 aromatic carbocycles. The average molecular weight is 329 g/mol. The molecule has 5 heteroatoms. The highest BCUT2D eigenvalue weighted by atomic mass is 35.5. The highest BCUT2D eigenvalue weighted by Gasteiger charge is 2.04. The lowest BCUT2D eigenvalue weighted by molar-refractivity contribution is 0.331. The number of ether oxygens (including phenoxy) is 2. The summed E-state index contributed by atoms with van der Waals surface area (Å²) in [4.78, 5) is 0. The van der Waals surface area contributed by atoms with Crippen molar-refractivity contribution >= 4 is 17.8 Å². The van der Waals surface area contributed by atoms with E-state index in [-0.39, 0.29) is 6.61 Å². The lowest BCUT2D eigenvalue weighted by Crippen LogP contribution is -2.06. The SMILES string of the molecule is C#CCOc1ccc(/C=N\NCc2ccccc2Cl)cc1OC. The van der Waals surface area contributed by atoms with Crippen molar-refractivity contribution < 1.29 is 9.47 Å². The molecular weight excluding hydrogens is 312 g/mol. The fraction of sp³-hybridized carbons (Fsp3) is 0.167. The minimum atomic E-state index is 0.198. The third kappa shape index (κ3) is 4.94. The summed E-state index contributed by atoms with van der Waals surface area (Å²) < 4.78 is 10.7. The number of methoxy groups -OCH3 is 1. The van der Waals surface area contributed by atoms with Crippen molar-refractivity contribution in [1.82, 2.24) is 5.43 Å². The van der Waals surface area contributed by atoms with Crippen LogP contribution in [0.3, 0.4) is 0 Å². The van der Waals surface area contributed by atoms with Gasteiger partial charge in [-0.25, -0.2) is 0 Å². The highest BCUT2D eigenvalue weighted by molar-refractivity contribution is 6.31. The number of nitrogens with zero attached hydrogens (tertiary/aromatic N) is 1. The van der Waals surface area contributed by atoms with Crippen LogP contribution in [0.2, 0.25) is 5.02 Å². The number of hydrogen-bond donors (Lipinski definition) is 1. The number of nitrogens with one attached hydrogen (secondary N) is 1. The fourth-order valence-corrected chi connectivity index (χ4v) is 2.10. The van der Waals surface area contributed by atoms with Gasteiger partial charge in [0.05, 0.1) is 19.9 Å². The minimum absolute atomic E-state index is 0.198. The molecule has 0 bridgehead atoms. The Balaban J connectivity index is 1.97. The largest absolute Gasteiger partial charge is 0.493 e. The maximum atomic E-state index is 6.08. The van der Waals surface area contributed by atoms with Crippen molar-refractivity contribution in [2.24, 2.45) is 5.10 Å². The Morgan fingerprint density at radius 2 is 2.09 bits per heavy atom. The van der Waals surface area contributed by atoms with E-state index in [9.17, 15) is 0 Å². The van der Waals surface area contributed by atoms with E-state index in [2.05, 4.69) is 16.4 Å². The first kappa shape index (κ1) is 16.7. The summed E-state index contributed by atoms with van der Waals surface area (Å²) in [5, 5.41) is 4.90. The van der Waals surface area contributed by atoms with Gasteiger partial charge < -0.3 is 14.9 Å². The topological polar surface area (TPSA) is 42.8 Å². The molecule has 2 rings (SSSR count). The van der Waals surface area contributed by atoms with Crippen LogP contribution in [0.25, 0.3) is 0 Å². The Hall–Kier alpha value is -2.64. The van der Waals surface area contributed by atoms with Crippen LogP contribution in [0.1, 0.15) is 11.1 Å². The van der Waals surface area contributed by atoms with Gasteiger partial charge in [-0.3, -0.25) is 0 Å². The van der Waals surface area contributed by atoms with Gasteiger partial charge in [-0.1, -0.05) is 35.7 Å². The molecule has 2 aromatic rings. The molecule has 0 unspecified atom stereocenters. The predicted molar refractivity (Wildman–Crippen MR) is 93.2 cm³/mol. The molecule has 0 saturated heterocycles. The van der Waals surface area contributed by atoms with E-state index >= 15 is 0 Å². The fourth-order valence-electron chi connectivity index (χ4n) is 1.90. The summed E-state index contributed by atoms with van der Waals surface area (Å²) in [5.41, 5.74) is 4.83. The van der Waals surface area contributed by atoms with E-state index < -0.39 is 0 Å². The summed E-state index contributed by atoms with van der Waals surface area (Å²) in [6.45, 7) is 0.750. The summed E-state index contributed by atoms with van der Waals surface area (Å²) in [6, 6.07) is 13.1. The Bertz CT molecular complexity index is 723. The van der Waals surface area contributed by atoms with Gasteiger partial charge >= 0.3 is 0 Å². The number of halogens is 1. The van der Waals surface area contributed by atoms with Crippen molar-refractivity contribution in [3.8, 4) is 23.8 Å². The van der Waals surface area contributed by atoms with Gasteiger partial charge in [-0.05, 0) is 35.4 Å². The van der Waals surface area contributed by atoms with E-state index in [1.807, 2.05) is 36.4 Å². The van der Waals surface area contributed by atoms with Gasteiger partial charge in [0.2, 0.25) is 0 Å². The number of hydrogen-bond acceptors (Lipinski definition) is 4. The molecule has 0 aromatic heterocycles. The maximum Gasteiger partial charge on any atom is 0.162 e. The lowest BCUT2D eigenvalue weighted by atomic mass is 10.2. The molecule has 1 N–H and O–H groups in total. The monoisotopic (exact) mass is 328 g/mol. The molecule has 0 fully saturated rings. The first-order valence-corrected chi connectivity index (χ1v) is 7.36. The number of hydrazone groups is 1. The second-order valence-corrected chi connectivity index (χ2v) is 4.99. The van der Waals surface area contributed by atoms with Crippen LogP contribution in [-0.4, -0.2) is 19.9 Å². The number of benzene rings is 2. The zero-order valence-corrected chi connectivity index (χ0v) is 13.5. The van der Waals surface area contributed by atoms with Gasteiger partial charge in [0.1, 0.15) is 6.61 Å². The third-order valence-electron chi connectivity index (χ3n) is 3.03. The van der Waals surface area contributed by atoms with Crippen molar-refractivity contribution in [2.75, 3.05) is 13.7 Å². The van der Waals surface area contributed by atoms with Gasteiger partial charge in [0, 0.05) is 5.02 Å². The summed E-state index contributed by atoms with van der Waals surface area (Å²) >= 11 is 6.08. The van der Waals surface area contributed by atoms with Crippen LogP contribution < -0.4 is 14.9 Å². The molecule has 0 amide bonds. The summed E-state index contributed by atoms with van der Waals surface area (Å²) in [7, 11) is 1.58. The van der Waals surface area contributed by atoms with Crippen LogP contribution in [0.15, 0.2) is 47.6 Å². The van der Waals surface area contributed by atoms with Crippen molar-refractivity contribution in [2.45, 2.75) is 6.54 Å². The molecule has 23 heavy (non-hydrogen) atoms. The Morgan fingerprint density at radius 3 is 2.83 bits per heavy atom. The van der Waals surface area contributed by atoms with Crippen LogP contribution >= 0.6 is 11.6 Å². The zero-order valence-electron chi connectivity index (χ0n) is 12.8. The molecule has 0 aliphatic carbocycles. The van der Waals surface area contributed by atoms with Crippen LogP contribution in [0.5, 0.6) is 11.5 Å². The molecule has 0 heterocycles. The third-order valence-corrected chi connectivity index (χ3v) is 3.40. The van der Waals surface area contributed by atoms with Crippen molar-refractivity contribution in [1.29, 1.82) is 0 Å². The molecule has 0 aliphatic heterocycles. The summed E-state index contributed by atoms with van der Waals surface area (Å²) in [5.74, 6) is 3.63. The maximum absolute atomic E-state index is 6.08. The van der Waals surface area contributed by atoms with E-state index in [1.165, 1.54) is 0 Å².